The number of fused-ring (bicyclic) bond motifs is 1. The Balaban J connectivity index is 0.000000298. The van der Waals surface area contributed by atoms with E-state index in [0.29, 0.717) is 24.5 Å². The fraction of sp³-hybridized carbons (Fsp3) is 0.349. The van der Waals surface area contributed by atoms with Gasteiger partial charge < -0.3 is 14.2 Å². The van der Waals surface area contributed by atoms with Crippen LogP contribution in [0, 0.1) is 6.92 Å². The molecule has 0 saturated carbocycles. The van der Waals surface area contributed by atoms with Crippen molar-refractivity contribution in [3.05, 3.63) is 144 Å². The summed E-state index contributed by atoms with van der Waals surface area (Å²) in [6, 6.07) is 43.4. The SMILES string of the molecule is CC.CC.CC(C)c1ccccc1.CC(C)c1ccccc1.COc1ccc2ccccc2c1.Cc1ccccc1OCC1CO1. The van der Waals surface area contributed by atoms with Gasteiger partial charge in [-0.2, -0.15) is 0 Å². The van der Waals surface area contributed by atoms with E-state index in [1.807, 2.05) is 95.3 Å². The molecular formula is C43H58O3. The highest BCUT2D eigenvalue weighted by atomic mass is 16.6. The van der Waals surface area contributed by atoms with E-state index in [0.717, 1.165) is 18.1 Å². The Morgan fingerprint density at radius 1 is 0.609 bits per heavy atom. The zero-order valence-electron chi connectivity index (χ0n) is 30.0. The monoisotopic (exact) mass is 622 g/mol. The van der Waals surface area contributed by atoms with Crippen molar-refractivity contribution in [3.63, 3.8) is 0 Å². The molecule has 1 aliphatic heterocycles. The van der Waals surface area contributed by atoms with Crippen molar-refractivity contribution in [3.8, 4) is 11.5 Å². The molecule has 46 heavy (non-hydrogen) atoms. The average Bonchev–Trinajstić information content (AvgIpc) is 3.96. The van der Waals surface area contributed by atoms with Crippen molar-refractivity contribution >= 4 is 10.8 Å². The average molecular weight is 623 g/mol. The summed E-state index contributed by atoms with van der Waals surface area (Å²) >= 11 is 0. The Bertz CT molecular complexity index is 1380. The molecule has 0 spiro atoms. The third-order valence-corrected chi connectivity index (χ3v) is 6.81. The minimum Gasteiger partial charge on any atom is -0.497 e. The molecule has 0 aliphatic carbocycles. The summed E-state index contributed by atoms with van der Waals surface area (Å²) in [6.07, 6.45) is 0.338. The van der Waals surface area contributed by atoms with Crippen molar-refractivity contribution < 1.29 is 14.2 Å². The van der Waals surface area contributed by atoms with Crippen LogP contribution in [0.15, 0.2) is 127 Å². The van der Waals surface area contributed by atoms with Gasteiger partial charge in [-0.05, 0) is 64.4 Å². The maximum Gasteiger partial charge on any atom is 0.122 e. The van der Waals surface area contributed by atoms with E-state index in [9.17, 15) is 0 Å². The molecule has 0 radical (unpaired) electrons. The Morgan fingerprint density at radius 3 is 1.50 bits per heavy atom. The van der Waals surface area contributed by atoms with Gasteiger partial charge in [-0.15, -0.1) is 0 Å². The van der Waals surface area contributed by atoms with Gasteiger partial charge in [0.15, 0.2) is 0 Å². The molecule has 1 unspecified atom stereocenters. The molecule has 0 aromatic heterocycles. The van der Waals surface area contributed by atoms with Crippen LogP contribution in [0.4, 0.5) is 0 Å². The highest BCUT2D eigenvalue weighted by Crippen LogP contribution is 2.20. The van der Waals surface area contributed by atoms with E-state index in [2.05, 4.69) is 94.4 Å². The number of aryl methyl sites for hydroxylation is 1. The number of hydrogen-bond donors (Lipinski definition) is 0. The Labute approximate surface area is 280 Å². The topological polar surface area (TPSA) is 31.0 Å². The number of para-hydroxylation sites is 1. The molecule has 5 aromatic carbocycles. The summed E-state index contributed by atoms with van der Waals surface area (Å²) in [6.45, 7) is 20.4. The van der Waals surface area contributed by atoms with Gasteiger partial charge in [0.2, 0.25) is 0 Å². The van der Waals surface area contributed by atoms with Gasteiger partial charge in [0.1, 0.15) is 24.2 Å². The largest absolute Gasteiger partial charge is 0.497 e. The highest BCUT2D eigenvalue weighted by Gasteiger charge is 2.23. The van der Waals surface area contributed by atoms with Gasteiger partial charge in [0.05, 0.1) is 13.7 Å². The maximum atomic E-state index is 5.54. The van der Waals surface area contributed by atoms with E-state index >= 15 is 0 Å². The number of ether oxygens (including phenoxy) is 3. The van der Waals surface area contributed by atoms with Crippen LogP contribution in [0.3, 0.4) is 0 Å². The van der Waals surface area contributed by atoms with Crippen LogP contribution >= 0.6 is 0 Å². The van der Waals surface area contributed by atoms with Crippen LogP contribution in [0.1, 0.15) is 83.9 Å². The Hall–Kier alpha value is -4.08. The molecule has 3 heteroatoms. The van der Waals surface area contributed by atoms with Crippen LogP contribution in [-0.2, 0) is 4.74 Å². The first-order chi connectivity index (χ1) is 22.4. The predicted octanol–water partition coefficient (Wildman–Crippen LogP) is 12.3. The second-order valence-corrected chi connectivity index (χ2v) is 10.9. The normalized spacial score (nSPS) is 12.2. The van der Waals surface area contributed by atoms with Crippen LogP contribution < -0.4 is 9.47 Å². The van der Waals surface area contributed by atoms with E-state index in [1.165, 1.54) is 27.5 Å². The summed E-state index contributed by atoms with van der Waals surface area (Å²) in [5, 5.41) is 2.47. The summed E-state index contributed by atoms with van der Waals surface area (Å²) in [5.74, 6) is 3.19. The molecule has 1 fully saturated rings. The number of epoxide rings is 1. The zero-order valence-corrected chi connectivity index (χ0v) is 30.0. The lowest BCUT2D eigenvalue weighted by molar-refractivity contribution is 0.262. The minimum atomic E-state index is 0.338. The van der Waals surface area contributed by atoms with E-state index in [1.54, 1.807) is 7.11 Å². The lowest BCUT2D eigenvalue weighted by atomic mass is 10.0. The van der Waals surface area contributed by atoms with Gasteiger partial charge in [0, 0.05) is 0 Å². The number of hydrogen-bond acceptors (Lipinski definition) is 3. The second kappa shape index (κ2) is 24.2. The van der Waals surface area contributed by atoms with Gasteiger partial charge in [-0.3, -0.25) is 0 Å². The van der Waals surface area contributed by atoms with Gasteiger partial charge in [0.25, 0.3) is 0 Å². The van der Waals surface area contributed by atoms with Crippen LogP contribution in [0.5, 0.6) is 11.5 Å². The van der Waals surface area contributed by atoms with Crippen LogP contribution in [0.2, 0.25) is 0 Å². The van der Waals surface area contributed by atoms with Crippen molar-refractivity contribution in [2.24, 2.45) is 0 Å². The van der Waals surface area contributed by atoms with Crippen molar-refractivity contribution in [1.29, 1.82) is 0 Å². The molecule has 3 nitrogen and oxygen atoms in total. The lowest BCUT2D eigenvalue weighted by Gasteiger charge is -2.06. The first-order valence-corrected chi connectivity index (χ1v) is 16.8. The third-order valence-electron chi connectivity index (χ3n) is 6.81. The summed E-state index contributed by atoms with van der Waals surface area (Å²) in [7, 11) is 1.68. The molecule has 248 valence electrons. The molecule has 0 amide bonds. The molecule has 1 saturated heterocycles. The van der Waals surface area contributed by atoms with Crippen LogP contribution in [-0.4, -0.2) is 26.4 Å². The number of benzene rings is 5. The molecule has 0 bridgehead atoms. The molecule has 1 heterocycles. The summed E-state index contributed by atoms with van der Waals surface area (Å²) in [4.78, 5) is 0. The highest BCUT2D eigenvalue weighted by molar-refractivity contribution is 5.83. The number of methoxy groups -OCH3 is 1. The maximum absolute atomic E-state index is 5.54. The molecule has 1 atom stereocenters. The Morgan fingerprint density at radius 2 is 1.07 bits per heavy atom. The number of rotatable bonds is 6. The molecule has 1 aliphatic rings. The van der Waals surface area contributed by atoms with E-state index in [4.69, 9.17) is 14.2 Å². The van der Waals surface area contributed by atoms with Gasteiger partial charge >= 0.3 is 0 Å². The van der Waals surface area contributed by atoms with Crippen molar-refractivity contribution in [2.75, 3.05) is 20.3 Å². The minimum absolute atomic E-state index is 0.338. The zero-order chi connectivity index (χ0) is 34.2. The standard InChI is InChI=1S/C11H10O.C10H12O2.2C9H12.2C2H6/c1-12-11-7-6-9-4-2-3-5-10(9)8-11;1-8-4-2-3-5-10(8)12-7-9-6-11-9;2*1-8(2)9-6-4-3-5-7-9;2*1-2/h2-8H,1H3;2-5,9H,6-7H2,1H3;2*3-8H,1-2H3;2*1-2H3. The fourth-order valence-corrected chi connectivity index (χ4v) is 4.04. The van der Waals surface area contributed by atoms with E-state index in [-0.39, 0.29) is 0 Å². The summed E-state index contributed by atoms with van der Waals surface area (Å²) < 4.78 is 15.7. The quantitative estimate of drug-likeness (QED) is 0.177. The lowest BCUT2D eigenvalue weighted by Crippen LogP contribution is -2.04. The fourth-order valence-electron chi connectivity index (χ4n) is 4.04. The van der Waals surface area contributed by atoms with E-state index < -0.39 is 0 Å². The van der Waals surface area contributed by atoms with Crippen molar-refractivity contribution in [2.45, 2.75) is 80.3 Å². The Kier molecular flexibility index (Phi) is 21.0. The molecule has 6 rings (SSSR count). The predicted molar refractivity (Wildman–Crippen MR) is 201 cm³/mol. The van der Waals surface area contributed by atoms with Gasteiger partial charge in [-0.25, -0.2) is 0 Å². The first kappa shape index (κ1) is 39.9. The van der Waals surface area contributed by atoms with Crippen LogP contribution in [0.25, 0.3) is 10.8 Å². The molecule has 5 aromatic rings. The third kappa shape index (κ3) is 16.3. The van der Waals surface area contributed by atoms with Crippen molar-refractivity contribution in [1.82, 2.24) is 0 Å². The molecule has 0 N–H and O–H groups in total. The van der Waals surface area contributed by atoms with Gasteiger partial charge in [-0.1, -0.05) is 165 Å². The summed E-state index contributed by atoms with van der Waals surface area (Å²) in [5.41, 5.74) is 4.01. The molecular weight excluding hydrogens is 564 g/mol. The first-order valence-electron chi connectivity index (χ1n) is 16.8. The smallest absolute Gasteiger partial charge is 0.122 e. The second-order valence-electron chi connectivity index (χ2n) is 10.9.